The Morgan fingerprint density at radius 1 is 0.452 bits per heavy atom. The second-order valence-corrected chi connectivity index (χ2v) is 12.1. The Hall–Kier alpha value is -3.75. The highest BCUT2D eigenvalue weighted by Gasteiger charge is 2.47. The van der Waals surface area contributed by atoms with Crippen LogP contribution in [0.3, 0.4) is 0 Å². The van der Waals surface area contributed by atoms with Gasteiger partial charge in [-0.25, -0.2) is 0 Å². The van der Waals surface area contributed by atoms with Crippen molar-refractivity contribution in [2.75, 3.05) is 0 Å². The van der Waals surface area contributed by atoms with Crippen molar-refractivity contribution in [1.29, 1.82) is 0 Å². The lowest BCUT2D eigenvalue weighted by atomic mass is 9.97. The van der Waals surface area contributed by atoms with Gasteiger partial charge in [0.15, 0.2) is 8.07 Å². The second kappa shape index (κ2) is 6.13. The first-order chi connectivity index (χ1) is 15.4. The number of benzene rings is 5. The molecule has 0 amide bonds. The number of hydrogen-bond acceptors (Lipinski definition) is 1. The van der Waals surface area contributed by atoms with E-state index in [4.69, 9.17) is 4.98 Å². The Balaban J connectivity index is 1.80. The first-order valence-electron chi connectivity index (χ1n) is 10.7. The van der Waals surface area contributed by atoms with Crippen LogP contribution >= 0.6 is 0 Å². The molecule has 0 radical (unpaired) electrons. The topological polar surface area (TPSA) is 12.9 Å². The average Bonchev–Trinajstić information content (AvgIpc) is 3.17. The van der Waals surface area contributed by atoms with Gasteiger partial charge in [-0.2, -0.15) is 0 Å². The normalized spacial score (nSPS) is 14.1. The third-order valence-electron chi connectivity index (χ3n) is 6.95. The van der Waals surface area contributed by atoms with Crippen molar-refractivity contribution in [2.45, 2.75) is 0 Å². The van der Waals surface area contributed by atoms with Crippen LogP contribution < -0.4 is 20.7 Å². The zero-order valence-corrected chi connectivity index (χ0v) is 17.9. The Morgan fingerprint density at radius 2 is 1.00 bits per heavy atom. The third-order valence-corrected chi connectivity index (χ3v) is 11.8. The van der Waals surface area contributed by atoms with Crippen LogP contribution in [0.1, 0.15) is 0 Å². The Bertz CT molecular complexity index is 1500. The van der Waals surface area contributed by atoms with Gasteiger partial charge in [-0.05, 0) is 43.0 Å². The Labute approximate surface area is 181 Å². The lowest BCUT2D eigenvalue weighted by Crippen LogP contribution is -2.73. The highest BCUT2D eigenvalue weighted by Crippen LogP contribution is 2.37. The minimum Gasteiger partial charge on any atom is -0.256 e. The SMILES string of the molecule is c1ccc([Si]2(c3ccccc3)c3cccc4c5cccnc5c5cccc2c5c34)cc1. The van der Waals surface area contributed by atoms with E-state index in [1.807, 2.05) is 6.20 Å². The third kappa shape index (κ3) is 2.03. The molecule has 0 spiro atoms. The molecule has 0 bridgehead atoms. The number of hydrogen-bond donors (Lipinski definition) is 0. The Kier molecular flexibility index (Phi) is 3.36. The number of fused-ring (bicyclic) bond motifs is 3. The molecule has 0 unspecified atom stereocenters. The molecule has 1 aromatic heterocycles. The van der Waals surface area contributed by atoms with Crippen molar-refractivity contribution in [3.8, 4) is 0 Å². The molecule has 0 aliphatic carbocycles. The predicted molar refractivity (Wildman–Crippen MR) is 134 cm³/mol. The van der Waals surface area contributed by atoms with Crippen molar-refractivity contribution in [2.24, 2.45) is 0 Å². The minimum absolute atomic E-state index is 1.11. The zero-order valence-electron chi connectivity index (χ0n) is 16.9. The van der Waals surface area contributed by atoms with E-state index in [0.717, 1.165) is 5.52 Å². The quantitative estimate of drug-likeness (QED) is 0.308. The molecule has 0 fully saturated rings. The molecule has 7 rings (SSSR count). The van der Waals surface area contributed by atoms with E-state index < -0.39 is 8.07 Å². The number of aromatic nitrogens is 1. The van der Waals surface area contributed by atoms with E-state index in [1.165, 1.54) is 47.7 Å². The molecule has 1 aliphatic rings. The average molecular weight is 410 g/mol. The van der Waals surface area contributed by atoms with Crippen molar-refractivity contribution < 1.29 is 0 Å². The van der Waals surface area contributed by atoms with E-state index >= 15 is 0 Å². The molecule has 0 saturated heterocycles. The molecule has 144 valence electrons. The van der Waals surface area contributed by atoms with E-state index in [1.54, 1.807) is 0 Å². The molecule has 2 heteroatoms. The Morgan fingerprint density at radius 3 is 1.65 bits per heavy atom. The van der Waals surface area contributed by atoms with Gasteiger partial charge in [0.1, 0.15) is 0 Å². The molecule has 0 atom stereocenters. The number of rotatable bonds is 2. The predicted octanol–water partition coefficient (Wildman–Crippen LogP) is 4.23. The summed E-state index contributed by atoms with van der Waals surface area (Å²) in [5, 5.41) is 12.5. The van der Waals surface area contributed by atoms with E-state index in [9.17, 15) is 0 Å². The molecular weight excluding hydrogens is 390 g/mol. The molecule has 6 aromatic rings. The summed E-state index contributed by atoms with van der Waals surface area (Å²) in [6, 6.07) is 40.4. The van der Waals surface area contributed by atoms with Gasteiger partial charge in [-0.3, -0.25) is 4.98 Å². The van der Waals surface area contributed by atoms with Crippen LogP contribution in [-0.2, 0) is 0 Å². The van der Waals surface area contributed by atoms with Crippen LogP contribution in [0.15, 0.2) is 115 Å². The van der Waals surface area contributed by atoms with Crippen molar-refractivity contribution in [3.63, 3.8) is 0 Å². The maximum Gasteiger partial charge on any atom is 0.180 e. The van der Waals surface area contributed by atoms with Crippen LogP contribution in [-0.4, -0.2) is 13.1 Å². The van der Waals surface area contributed by atoms with E-state index in [2.05, 4.69) is 109 Å². The first-order valence-corrected chi connectivity index (χ1v) is 12.7. The van der Waals surface area contributed by atoms with Crippen molar-refractivity contribution >= 4 is 61.3 Å². The lowest BCUT2D eigenvalue weighted by Gasteiger charge is -2.31. The van der Waals surface area contributed by atoms with Crippen molar-refractivity contribution in [3.05, 3.63) is 115 Å². The number of nitrogens with zero attached hydrogens (tertiary/aromatic N) is 1. The van der Waals surface area contributed by atoms with Crippen LogP contribution in [0.4, 0.5) is 0 Å². The highest BCUT2D eigenvalue weighted by molar-refractivity contribution is 7.23. The summed E-state index contributed by atoms with van der Waals surface area (Å²) in [7, 11) is -2.42. The van der Waals surface area contributed by atoms with Gasteiger partial charge in [-0.15, -0.1) is 0 Å². The fourth-order valence-electron chi connectivity index (χ4n) is 5.84. The van der Waals surface area contributed by atoms with Gasteiger partial charge in [0.2, 0.25) is 0 Å². The fraction of sp³-hybridized carbons (Fsp3) is 0. The minimum atomic E-state index is -2.42. The van der Waals surface area contributed by atoms with Crippen molar-refractivity contribution in [1.82, 2.24) is 4.98 Å². The summed E-state index contributed by atoms with van der Waals surface area (Å²) in [6.45, 7) is 0. The zero-order chi connectivity index (χ0) is 20.4. The second-order valence-electron chi connectivity index (χ2n) is 8.34. The van der Waals surface area contributed by atoms with Crippen LogP contribution in [0.2, 0.25) is 0 Å². The van der Waals surface area contributed by atoms with E-state index in [0.29, 0.717) is 0 Å². The molecule has 31 heavy (non-hydrogen) atoms. The van der Waals surface area contributed by atoms with Gasteiger partial charge in [0.05, 0.1) is 5.52 Å². The summed E-state index contributed by atoms with van der Waals surface area (Å²) in [5.41, 5.74) is 1.11. The van der Waals surface area contributed by atoms with E-state index in [-0.39, 0.29) is 0 Å². The van der Waals surface area contributed by atoms with Gasteiger partial charge in [0.25, 0.3) is 0 Å². The summed E-state index contributed by atoms with van der Waals surface area (Å²) in [6.07, 6.45) is 1.92. The van der Waals surface area contributed by atoms with Crippen LogP contribution in [0.5, 0.6) is 0 Å². The summed E-state index contributed by atoms with van der Waals surface area (Å²) in [4.78, 5) is 4.83. The molecule has 1 nitrogen and oxygen atoms in total. The van der Waals surface area contributed by atoms with Crippen LogP contribution in [0.25, 0.3) is 32.4 Å². The number of pyridine rings is 1. The smallest absolute Gasteiger partial charge is 0.180 e. The van der Waals surface area contributed by atoms with Crippen LogP contribution in [0, 0.1) is 0 Å². The lowest BCUT2D eigenvalue weighted by molar-refractivity contribution is 1.43. The molecule has 0 saturated carbocycles. The maximum absolute atomic E-state index is 4.83. The van der Waals surface area contributed by atoms with Gasteiger partial charge < -0.3 is 0 Å². The molecule has 1 aliphatic heterocycles. The molecule has 5 aromatic carbocycles. The molecule has 0 N–H and O–H groups in total. The maximum atomic E-state index is 4.83. The fourth-order valence-corrected chi connectivity index (χ4v) is 11.1. The highest BCUT2D eigenvalue weighted by atomic mass is 28.3. The monoisotopic (exact) mass is 409 g/mol. The largest absolute Gasteiger partial charge is 0.256 e. The standard InChI is InChI=1S/C29H19NSi/c1-3-10-20(11-4-1)31(21-12-5-2-6-13-21)25-17-7-14-22-23-16-9-19-30-29(23)24-15-8-18-26(31)28(24)27(22)25/h1-19H. The summed E-state index contributed by atoms with van der Waals surface area (Å²) < 4.78 is 0. The van der Waals surface area contributed by atoms with Gasteiger partial charge in [0, 0.05) is 17.0 Å². The van der Waals surface area contributed by atoms with Gasteiger partial charge >= 0.3 is 0 Å². The summed E-state index contributed by atoms with van der Waals surface area (Å²) in [5.74, 6) is 0. The molecule has 2 heterocycles. The van der Waals surface area contributed by atoms with Gasteiger partial charge in [-0.1, -0.05) is 103 Å². The summed E-state index contributed by atoms with van der Waals surface area (Å²) >= 11 is 0. The first kappa shape index (κ1) is 17.0. The molecular formula is C29H19NSi.